The lowest BCUT2D eigenvalue weighted by Crippen LogP contribution is -2.22. The maximum absolute atomic E-state index is 4.51. The lowest BCUT2D eigenvalue weighted by molar-refractivity contribution is 0.245. The van der Waals surface area contributed by atoms with E-state index < -0.39 is 0 Å². The molecule has 0 bridgehead atoms. The molecule has 0 aliphatic rings. The third-order valence-corrected chi connectivity index (χ3v) is 4.58. The lowest BCUT2D eigenvalue weighted by atomic mass is 10.1. The van der Waals surface area contributed by atoms with Gasteiger partial charge < -0.3 is 0 Å². The van der Waals surface area contributed by atoms with Crippen molar-refractivity contribution >= 4 is 23.2 Å². The summed E-state index contributed by atoms with van der Waals surface area (Å²) in [7, 11) is 0. The average molecular weight is 375 g/mol. The van der Waals surface area contributed by atoms with Crippen molar-refractivity contribution < 1.29 is 0 Å². The van der Waals surface area contributed by atoms with Crippen LogP contribution in [0.3, 0.4) is 0 Å². The molecule has 4 aromatic rings. The molecule has 0 atom stereocenters. The third kappa shape index (κ3) is 5.16. The molecule has 0 aliphatic carbocycles. The minimum absolute atomic E-state index is 0. The van der Waals surface area contributed by atoms with E-state index in [1.807, 2.05) is 12.3 Å². The maximum Gasteiger partial charge on any atom is 0.0544 e. The van der Waals surface area contributed by atoms with Gasteiger partial charge in [0.25, 0.3) is 0 Å². The molecule has 136 valence electrons. The summed E-state index contributed by atoms with van der Waals surface area (Å²) in [5.74, 6) is 0. The van der Waals surface area contributed by atoms with Crippen LogP contribution >= 0.6 is 12.4 Å². The Morgan fingerprint density at radius 1 is 0.593 bits per heavy atom. The first-order valence-corrected chi connectivity index (χ1v) is 9.01. The van der Waals surface area contributed by atoms with Crippen LogP contribution in [0, 0.1) is 0 Å². The van der Waals surface area contributed by atoms with Gasteiger partial charge in [-0.15, -0.1) is 12.4 Å². The van der Waals surface area contributed by atoms with E-state index in [9.17, 15) is 0 Å². The molecule has 27 heavy (non-hydrogen) atoms. The van der Waals surface area contributed by atoms with Crippen LogP contribution in [-0.4, -0.2) is 9.88 Å². The van der Waals surface area contributed by atoms with Gasteiger partial charge in [-0.05, 0) is 40.1 Å². The van der Waals surface area contributed by atoms with Crippen LogP contribution in [0.25, 0.3) is 10.8 Å². The SMILES string of the molecule is Cl.c1ccc(CN(Cc2ccc3ccccc3c2)Cc2ccccn2)cc1. The number of benzene rings is 3. The predicted molar refractivity (Wildman–Crippen MR) is 115 cm³/mol. The van der Waals surface area contributed by atoms with Gasteiger partial charge in [-0.2, -0.15) is 0 Å². The first kappa shape index (κ1) is 19.1. The van der Waals surface area contributed by atoms with Crippen LogP contribution in [0.4, 0.5) is 0 Å². The van der Waals surface area contributed by atoms with Crippen molar-refractivity contribution in [3.05, 3.63) is 114 Å². The molecule has 0 spiro atoms. The standard InChI is InChI=1S/C24H22N2.ClH/c1-2-8-20(9-3-1)17-26(19-24-12-6-7-15-25-24)18-21-13-14-22-10-4-5-11-23(22)16-21;/h1-16H,17-19H2;1H. The molecular weight excluding hydrogens is 352 g/mol. The van der Waals surface area contributed by atoms with E-state index in [4.69, 9.17) is 0 Å². The minimum Gasteiger partial charge on any atom is -0.289 e. The summed E-state index contributed by atoms with van der Waals surface area (Å²) in [5.41, 5.74) is 3.75. The molecule has 0 unspecified atom stereocenters. The molecule has 0 saturated heterocycles. The van der Waals surface area contributed by atoms with E-state index in [0.29, 0.717) is 0 Å². The molecule has 0 fully saturated rings. The second-order valence-electron chi connectivity index (χ2n) is 6.63. The second kappa shape index (κ2) is 9.31. The molecule has 3 aromatic carbocycles. The number of rotatable bonds is 6. The summed E-state index contributed by atoms with van der Waals surface area (Å²) < 4.78 is 0. The fourth-order valence-corrected chi connectivity index (χ4v) is 3.33. The third-order valence-electron chi connectivity index (χ3n) is 4.58. The molecule has 2 nitrogen and oxygen atoms in total. The number of nitrogens with zero attached hydrogens (tertiary/aromatic N) is 2. The van der Waals surface area contributed by atoms with Gasteiger partial charge in [0.2, 0.25) is 0 Å². The lowest BCUT2D eigenvalue weighted by Gasteiger charge is -2.22. The molecular formula is C24H23ClN2. The van der Waals surface area contributed by atoms with Crippen LogP contribution in [-0.2, 0) is 19.6 Å². The van der Waals surface area contributed by atoms with Gasteiger partial charge >= 0.3 is 0 Å². The van der Waals surface area contributed by atoms with Crippen molar-refractivity contribution in [2.24, 2.45) is 0 Å². The normalized spacial score (nSPS) is 10.7. The Hall–Kier alpha value is -2.68. The highest BCUT2D eigenvalue weighted by Crippen LogP contribution is 2.19. The van der Waals surface area contributed by atoms with Gasteiger partial charge in [0.15, 0.2) is 0 Å². The zero-order valence-corrected chi connectivity index (χ0v) is 16.0. The van der Waals surface area contributed by atoms with Crippen LogP contribution in [0.15, 0.2) is 97.2 Å². The van der Waals surface area contributed by atoms with E-state index in [-0.39, 0.29) is 12.4 Å². The Kier molecular flexibility index (Phi) is 6.59. The number of fused-ring (bicyclic) bond motifs is 1. The summed E-state index contributed by atoms with van der Waals surface area (Å²) in [5, 5.41) is 2.58. The van der Waals surface area contributed by atoms with E-state index >= 15 is 0 Å². The summed E-state index contributed by atoms with van der Waals surface area (Å²) in [6.07, 6.45) is 1.87. The second-order valence-corrected chi connectivity index (χ2v) is 6.63. The van der Waals surface area contributed by atoms with Crippen molar-refractivity contribution in [1.29, 1.82) is 0 Å². The number of halogens is 1. The van der Waals surface area contributed by atoms with Crippen molar-refractivity contribution in [2.75, 3.05) is 0 Å². The zero-order valence-electron chi connectivity index (χ0n) is 15.2. The monoisotopic (exact) mass is 374 g/mol. The molecule has 4 rings (SSSR count). The summed E-state index contributed by atoms with van der Waals surface area (Å²) in [6.45, 7) is 2.64. The molecule has 0 saturated carbocycles. The number of aromatic nitrogens is 1. The minimum atomic E-state index is 0. The van der Waals surface area contributed by atoms with E-state index in [2.05, 4.69) is 94.8 Å². The van der Waals surface area contributed by atoms with E-state index in [0.717, 1.165) is 25.3 Å². The number of hydrogen-bond acceptors (Lipinski definition) is 2. The Labute approximate surface area is 166 Å². The van der Waals surface area contributed by atoms with Crippen LogP contribution in [0.1, 0.15) is 16.8 Å². The molecule has 1 heterocycles. The van der Waals surface area contributed by atoms with Gasteiger partial charge in [-0.1, -0.05) is 72.8 Å². The van der Waals surface area contributed by atoms with E-state index in [1.165, 1.54) is 21.9 Å². The Bertz CT molecular complexity index is 929. The fourth-order valence-electron chi connectivity index (χ4n) is 3.33. The quantitative estimate of drug-likeness (QED) is 0.420. The summed E-state index contributed by atoms with van der Waals surface area (Å²) >= 11 is 0. The van der Waals surface area contributed by atoms with Crippen molar-refractivity contribution in [3.8, 4) is 0 Å². The highest BCUT2D eigenvalue weighted by atomic mass is 35.5. The first-order chi connectivity index (χ1) is 12.9. The van der Waals surface area contributed by atoms with Crippen molar-refractivity contribution in [1.82, 2.24) is 9.88 Å². The Balaban J connectivity index is 0.00000210. The van der Waals surface area contributed by atoms with Gasteiger partial charge in [-0.3, -0.25) is 9.88 Å². The van der Waals surface area contributed by atoms with Crippen LogP contribution in [0.5, 0.6) is 0 Å². The molecule has 0 N–H and O–H groups in total. The predicted octanol–water partition coefficient (Wildman–Crippen LogP) is 5.86. The summed E-state index contributed by atoms with van der Waals surface area (Å²) in [6, 6.07) is 32.0. The average Bonchev–Trinajstić information content (AvgIpc) is 2.69. The van der Waals surface area contributed by atoms with E-state index in [1.54, 1.807) is 0 Å². The van der Waals surface area contributed by atoms with Crippen molar-refractivity contribution in [2.45, 2.75) is 19.6 Å². The highest BCUT2D eigenvalue weighted by molar-refractivity contribution is 5.85. The molecule has 0 aliphatic heterocycles. The number of pyridine rings is 1. The highest BCUT2D eigenvalue weighted by Gasteiger charge is 2.09. The van der Waals surface area contributed by atoms with Gasteiger partial charge in [-0.25, -0.2) is 0 Å². The van der Waals surface area contributed by atoms with Gasteiger partial charge in [0.05, 0.1) is 5.69 Å². The molecule has 1 aromatic heterocycles. The molecule has 0 radical (unpaired) electrons. The largest absolute Gasteiger partial charge is 0.289 e. The zero-order chi connectivity index (χ0) is 17.6. The van der Waals surface area contributed by atoms with Crippen molar-refractivity contribution in [3.63, 3.8) is 0 Å². The topological polar surface area (TPSA) is 16.1 Å². The van der Waals surface area contributed by atoms with Crippen LogP contribution < -0.4 is 0 Å². The van der Waals surface area contributed by atoms with Crippen LogP contribution in [0.2, 0.25) is 0 Å². The molecule has 0 amide bonds. The van der Waals surface area contributed by atoms with Gasteiger partial charge in [0, 0.05) is 25.8 Å². The number of hydrogen-bond donors (Lipinski definition) is 0. The fraction of sp³-hybridized carbons (Fsp3) is 0.125. The first-order valence-electron chi connectivity index (χ1n) is 9.01. The van der Waals surface area contributed by atoms with Gasteiger partial charge in [0.1, 0.15) is 0 Å². The molecule has 3 heteroatoms. The Morgan fingerprint density at radius 3 is 2.07 bits per heavy atom. The Morgan fingerprint density at radius 2 is 1.30 bits per heavy atom. The maximum atomic E-state index is 4.51. The smallest absolute Gasteiger partial charge is 0.0544 e. The summed E-state index contributed by atoms with van der Waals surface area (Å²) in [4.78, 5) is 6.96.